The minimum atomic E-state index is -0.140. The van der Waals surface area contributed by atoms with Crippen LogP contribution in [0.25, 0.3) is 0 Å². The number of fused-ring (bicyclic) bond motifs is 2. The molecule has 0 aliphatic heterocycles. The fourth-order valence-electron chi connectivity index (χ4n) is 6.14. The Morgan fingerprint density at radius 2 is 2.00 bits per heavy atom. The summed E-state index contributed by atoms with van der Waals surface area (Å²) in [5.74, 6) is 0.503. The van der Waals surface area contributed by atoms with Crippen LogP contribution in [-0.2, 0) is 9.53 Å². The van der Waals surface area contributed by atoms with Gasteiger partial charge >= 0.3 is 5.97 Å². The number of hydrogen-bond acceptors (Lipinski definition) is 2. The normalized spacial score (nSPS) is 42.1. The van der Waals surface area contributed by atoms with Crippen molar-refractivity contribution in [2.24, 2.45) is 22.2 Å². The van der Waals surface area contributed by atoms with Gasteiger partial charge in [-0.2, -0.15) is 0 Å². The van der Waals surface area contributed by atoms with E-state index in [9.17, 15) is 4.79 Å². The van der Waals surface area contributed by atoms with Gasteiger partial charge in [-0.25, -0.2) is 0 Å². The highest BCUT2D eigenvalue weighted by Crippen LogP contribution is 2.63. The van der Waals surface area contributed by atoms with Gasteiger partial charge in [-0.05, 0) is 61.7 Å². The minimum absolute atomic E-state index is 0.135. The summed E-state index contributed by atoms with van der Waals surface area (Å²) in [6.45, 7) is 13.4. The zero-order valence-corrected chi connectivity index (χ0v) is 16.0. The fraction of sp³-hybridized carbons (Fsp3) is 0.773. The van der Waals surface area contributed by atoms with Gasteiger partial charge in [0.05, 0.1) is 6.61 Å². The van der Waals surface area contributed by atoms with Crippen LogP contribution in [0.1, 0.15) is 79.1 Å². The van der Waals surface area contributed by atoms with Crippen LogP contribution in [0.5, 0.6) is 0 Å². The fourth-order valence-corrected chi connectivity index (χ4v) is 6.14. The summed E-state index contributed by atoms with van der Waals surface area (Å²) >= 11 is 0. The maximum absolute atomic E-state index is 11.4. The van der Waals surface area contributed by atoms with Gasteiger partial charge < -0.3 is 4.74 Å². The van der Waals surface area contributed by atoms with Crippen LogP contribution < -0.4 is 0 Å². The molecule has 0 aromatic heterocycles. The maximum Gasteiger partial charge on any atom is 0.302 e. The number of carbonyl (C=O) groups is 1. The van der Waals surface area contributed by atoms with Gasteiger partial charge in [-0.3, -0.25) is 4.79 Å². The van der Waals surface area contributed by atoms with Crippen molar-refractivity contribution >= 4 is 5.97 Å². The van der Waals surface area contributed by atoms with E-state index in [4.69, 9.17) is 4.74 Å². The van der Waals surface area contributed by atoms with Crippen LogP contribution >= 0.6 is 0 Å². The van der Waals surface area contributed by atoms with E-state index < -0.39 is 0 Å². The van der Waals surface area contributed by atoms with Crippen molar-refractivity contribution in [1.82, 2.24) is 0 Å². The molecular formula is C22H34O2. The van der Waals surface area contributed by atoms with Crippen molar-refractivity contribution < 1.29 is 9.53 Å². The number of hydrogen-bond donors (Lipinski definition) is 0. The lowest BCUT2D eigenvalue weighted by Gasteiger charge is -2.57. The summed E-state index contributed by atoms with van der Waals surface area (Å²) in [6.07, 6.45) is 12.1. The predicted octanol–water partition coefficient (Wildman–Crippen LogP) is 5.83. The number of esters is 1. The molecule has 0 aromatic carbocycles. The van der Waals surface area contributed by atoms with Crippen molar-refractivity contribution in [2.75, 3.05) is 6.61 Å². The number of carbonyl (C=O) groups excluding carboxylic acids is 1. The predicted molar refractivity (Wildman–Crippen MR) is 98.6 cm³/mol. The Labute approximate surface area is 147 Å². The van der Waals surface area contributed by atoms with Crippen LogP contribution in [0.2, 0.25) is 0 Å². The van der Waals surface area contributed by atoms with E-state index in [2.05, 4.69) is 33.4 Å². The summed E-state index contributed by atoms with van der Waals surface area (Å²) in [6, 6.07) is 0. The van der Waals surface area contributed by atoms with E-state index in [-0.39, 0.29) is 16.8 Å². The first-order valence-corrected chi connectivity index (χ1v) is 9.71. The molecule has 0 saturated heterocycles. The largest absolute Gasteiger partial charge is 0.465 e. The first-order valence-electron chi connectivity index (χ1n) is 9.71. The van der Waals surface area contributed by atoms with Crippen LogP contribution in [0.4, 0.5) is 0 Å². The molecule has 3 aliphatic rings. The third kappa shape index (κ3) is 2.86. The summed E-state index contributed by atoms with van der Waals surface area (Å²) < 4.78 is 5.50. The van der Waals surface area contributed by atoms with Gasteiger partial charge in [0.1, 0.15) is 0 Å². The van der Waals surface area contributed by atoms with E-state index >= 15 is 0 Å². The van der Waals surface area contributed by atoms with Crippen LogP contribution in [0.3, 0.4) is 0 Å². The third-order valence-corrected chi connectivity index (χ3v) is 7.57. The van der Waals surface area contributed by atoms with Gasteiger partial charge in [-0.15, -0.1) is 6.58 Å². The molecule has 1 saturated carbocycles. The Kier molecular flexibility index (Phi) is 4.47. The topological polar surface area (TPSA) is 26.3 Å². The monoisotopic (exact) mass is 330 g/mol. The minimum Gasteiger partial charge on any atom is -0.465 e. The van der Waals surface area contributed by atoms with Gasteiger partial charge in [0.15, 0.2) is 0 Å². The first kappa shape index (κ1) is 17.8. The second-order valence-electron chi connectivity index (χ2n) is 9.41. The highest BCUT2D eigenvalue weighted by molar-refractivity contribution is 5.65. The number of rotatable bonds is 3. The van der Waals surface area contributed by atoms with E-state index in [0.29, 0.717) is 17.9 Å². The molecule has 1 fully saturated rings. The van der Waals surface area contributed by atoms with E-state index in [1.165, 1.54) is 58.3 Å². The molecule has 2 heteroatoms. The molecule has 0 spiro atoms. The van der Waals surface area contributed by atoms with Crippen molar-refractivity contribution in [3.8, 4) is 0 Å². The highest BCUT2D eigenvalue weighted by Gasteiger charge is 2.53. The van der Waals surface area contributed by atoms with Gasteiger partial charge in [0, 0.05) is 12.3 Å². The zero-order valence-electron chi connectivity index (χ0n) is 16.0. The summed E-state index contributed by atoms with van der Waals surface area (Å²) in [7, 11) is 0. The lowest BCUT2D eigenvalue weighted by molar-refractivity contribution is -0.149. The Hall–Kier alpha value is -1.05. The van der Waals surface area contributed by atoms with Crippen LogP contribution in [0.15, 0.2) is 23.8 Å². The molecule has 0 bridgehead atoms. The highest BCUT2D eigenvalue weighted by atomic mass is 16.5. The van der Waals surface area contributed by atoms with Crippen molar-refractivity contribution in [3.63, 3.8) is 0 Å². The molecule has 3 aliphatic carbocycles. The van der Waals surface area contributed by atoms with E-state index in [1.54, 1.807) is 11.1 Å². The van der Waals surface area contributed by atoms with E-state index in [1.807, 2.05) is 0 Å². The molecule has 0 N–H and O–H groups in total. The lowest BCUT2D eigenvalue weighted by atomic mass is 9.47. The SMILES string of the molecule is C=C[C@]1(C)CCC2=C(CCC3[C@](C)(COC(C)=O)CCC[C@]23C)C1. The average molecular weight is 331 g/mol. The number of allylic oxidation sites excluding steroid dienone is 3. The average Bonchev–Trinajstić information content (AvgIpc) is 2.52. The van der Waals surface area contributed by atoms with Gasteiger partial charge in [-0.1, -0.05) is 44.4 Å². The van der Waals surface area contributed by atoms with Crippen LogP contribution in [0, 0.1) is 22.2 Å². The molecular weight excluding hydrogens is 296 g/mol. The molecule has 0 aromatic rings. The molecule has 0 amide bonds. The van der Waals surface area contributed by atoms with Gasteiger partial charge in [0.25, 0.3) is 0 Å². The van der Waals surface area contributed by atoms with Crippen molar-refractivity contribution in [1.29, 1.82) is 0 Å². The molecule has 0 radical (unpaired) electrons. The first-order chi connectivity index (χ1) is 11.2. The zero-order chi connectivity index (χ0) is 17.6. The second kappa shape index (κ2) is 6.04. The lowest BCUT2D eigenvalue weighted by Crippen LogP contribution is -2.50. The maximum atomic E-state index is 11.4. The quantitative estimate of drug-likeness (QED) is 0.481. The molecule has 134 valence electrons. The molecule has 24 heavy (non-hydrogen) atoms. The summed E-state index contributed by atoms with van der Waals surface area (Å²) in [5, 5.41) is 0. The Morgan fingerprint density at radius 3 is 2.67 bits per heavy atom. The number of ether oxygens (including phenoxy) is 1. The van der Waals surface area contributed by atoms with Crippen molar-refractivity contribution in [2.45, 2.75) is 79.1 Å². The Balaban J connectivity index is 1.90. The van der Waals surface area contributed by atoms with Crippen molar-refractivity contribution in [3.05, 3.63) is 23.8 Å². The molecule has 3 rings (SSSR count). The molecule has 1 unspecified atom stereocenters. The summed E-state index contributed by atoms with van der Waals surface area (Å²) in [5.41, 5.74) is 4.21. The van der Waals surface area contributed by atoms with Crippen LogP contribution in [-0.4, -0.2) is 12.6 Å². The molecule has 4 atom stereocenters. The Bertz CT molecular complexity index is 575. The molecule has 0 heterocycles. The van der Waals surface area contributed by atoms with Gasteiger partial charge in [0.2, 0.25) is 0 Å². The summed E-state index contributed by atoms with van der Waals surface area (Å²) in [4.78, 5) is 11.4. The Morgan fingerprint density at radius 1 is 1.25 bits per heavy atom. The second-order valence-corrected chi connectivity index (χ2v) is 9.41. The third-order valence-electron chi connectivity index (χ3n) is 7.57. The smallest absolute Gasteiger partial charge is 0.302 e. The standard InChI is InChI=1S/C22H34O2/c1-6-20(3)13-10-18-17(14-20)8-9-19-21(4,15-24-16(2)23)11-7-12-22(18,19)5/h6,19H,1,7-15H2,2-5H3/t19?,20-,21+,22-/m1/s1. The molecule has 2 nitrogen and oxygen atoms in total. The van der Waals surface area contributed by atoms with E-state index in [0.717, 1.165) is 0 Å².